The lowest BCUT2D eigenvalue weighted by Crippen LogP contribution is -2.30. The van der Waals surface area contributed by atoms with Gasteiger partial charge in [-0.15, -0.1) is 10.2 Å². The van der Waals surface area contributed by atoms with Gasteiger partial charge < -0.3 is 24.1 Å². The first-order valence-electron chi connectivity index (χ1n) is 11.6. The number of aryl methyl sites for hydroxylation is 1. The summed E-state index contributed by atoms with van der Waals surface area (Å²) in [5.41, 5.74) is 1.62. The van der Waals surface area contributed by atoms with Crippen LogP contribution >= 0.6 is 0 Å². The number of nitrogens with one attached hydrogen (secondary N) is 1. The Hall–Kier alpha value is -3.88. The fraction of sp³-hybridized carbons (Fsp3) is 0.385. The number of aromatic amines is 1. The highest BCUT2D eigenvalue weighted by atomic mass is 16.5. The molecule has 0 bridgehead atoms. The van der Waals surface area contributed by atoms with Crippen LogP contribution in [0.5, 0.6) is 17.2 Å². The number of carbonyl (C=O) groups excluding carboxylic acids is 1. The second-order valence-corrected chi connectivity index (χ2v) is 8.08. The molecule has 0 radical (unpaired) electrons. The van der Waals surface area contributed by atoms with E-state index in [0.717, 1.165) is 12.0 Å². The van der Waals surface area contributed by atoms with Gasteiger partial charge >= 0.3 is 0 Å². The van der Waals surface area contributed by atoms with E-state index in [9.17, 15) is 9.59 Å². The minimum atomic E-state index is -0.351. The Morgan fingerprint density at radius 1 is 1.03 bits per heavy atom. The van der Waals surface area contributed by atoms with Crippen LogP contribution < -0.4 is 19.8 Å². The summed E-state index contributed by atoms with van der Waals surface area (Å²) >= 11 is 0. The third-order valence-electron chi connectivity index (χ3n) is 5.53. The maximum atomic E-state index is 12.6. The fourth-order valence-electron chi connectivity index (χ4n) is 3.48. The first kappa shape index (κ1) is 25.7. The monoisotopic (exact) mass is 480 g/mol. The van der Waals surface area contributed by atoms with Crippen molar-refractivity contribution >= 4 is 5.91 Å². The molecule has 0 saturated carbocycles. The zero-order chi connectivity index (χ0) is 25.2. The number of likely N-dealkylation sites (N-methyl/N-ethyl adjacent to an activating group) is 1. The van der Waals surface area contributed by atoms with Gasteiger partial charge in [0.05, 0.1) is 20.8 Å². The van der Waals surface area contributed by atoms with Crippen molar-refractivity contribution in [3.63, 3.8) is 0 Å². The van der Waals surface area contributed by atoms with Gasteiger partial charge in [0.2, 0.25) is 5.91 Å². The standard InChI is InChI=1S/C26H32N4O5/c1-5-15-35-20-8-6-7-19(17-20)25-27-26(32)21(28-29-25)10-12-24(31)30(2)14-13-18-9-11-22(33-3)23(16-18)34-4/h6-9,11,16-17H,5,10,12-15H2,1-4H3,(H,27,29,32). The average molecular weight is 481 g/mol. The molecular formula is C26H32N4O5. The van der Waals surface area contributed by atoms with Crippen LogP contribution in [0.3, 0.4) is 0 Å². The summed E-state index contributed by atoms with van der Waals surface area (Å²) < 4.78 is 16.2. The van der Waals surface area contributed by atoms with Crippen LogP contribution in [0.25, 0.3) is 11.4 Å². The van der Waals surface area contributed by atoms with E-state index in [2.05, 4.69) is 15.2 Å². The highest BCUT2D eigenvalue weighted by molar-refractivity contribution is 5.76. The average Bonchev–Trinajstić information content (AvgIpc) is 2.89. The van der Waals surface area contributed by atoms with Crippen LogP contribution in [0.4, 0.5) is 0 Å². The molecule has 2 aromatic carbocycles. The van der Waals surface area contributed by atoms with Gasteiger partial charge in [0.1, 0.15) is 11.4 Å². The molecule has 0 fully saturated rings. The van der Waals surface area contributed by atoms with Crippen molar-refractivity contribution in [2.45, 2.75) is 32.6 Å². The Labute approximate surface area is 205 Å². The maximum Gasteiger partial charge on any atom is 0.273 e. The highest BCUT2D eigenvalue weighted by Gasteiger charge is 2.14. The van der Waals surface area contributed by atoms with Crippen molar-refractivity contribution in [2.24, 2.45) is 0 Å². The highest BCUT2D eigenvalue weighted by Crippen LogP contribution is 2.27. The molecular weight excluding hydrogens is 448 g/mol. The van der Waals surface area contributed by atoms with E-state index in [0.29, 0.717) is 48.2 Å². The summed E-state index contributed by atoms with van der Waals surface area (Å²) in [5.74, 6) is 2.31. The summed E-state index contributed by atoms with van der Waals surface area (Å²) in [7, 11) is 4.93. The lowest BCUT2D eigenvalue weighted by molar-refractivity contribution is -0.129. The number of carbonyl (C=O) groups is 1. The van der Waals surface area contributed by atoms with Crippen molar-refractivity contribution in [3.8, 4) is 28.6 Å². The third kappa shape index (κ3) is 7.05. The van der Waals surface area contributed by atoms with E-state index in [1.807, 2.05) is 49.4 Å². The SMILES string of the molecule is CCCOc1cccc(-c2nnc(CCC(=O)N(C)CCc3ccc(OC)c(OC)c3)c(=O)[nH]2)c1. The first-order chi connectivity index (χ1) is 16.9. The number of H-pyrrole nitrogens is 1. The molecule has 0 aliphatic carbocycles. The van der Waals surface area contributed by atoms with Gasteiger partial charge in [-0.05, 0) is 42.7 Å². The first-order valence-corrected chi connectivity index (χ1v) is 11.6. The van der Waals surface area contributed by atoms with Crippen LogP contribution in [0, 0.1) is 0 Å². The number of amides is 1. The van der Waals surface area contributed by atoms with Gasteiger partial charge in [-0.2, -0.15) is 0 Å². The van der Waals surface area contributed by atoms with Crippen molar-refractivity contribution < 1.29 is 19.0 Å². The fourth-order valence-corrected chi connectivity index (χ4v) is 3.48. The number of ether oxygens (including phenoxy) is 3. The van der Waals surface area contributed by atoms with Crippen molar-refractivity contribution in [1.82, 2.24) is 20.1 Å². The predicted octanol–water partition coefficient (Wildman–Crippen LogP) is 3.27. The van der Waals surface area contributed by atoms with Gasteiger partial charge in [-0.25, -0.2) is 0 Å². The number of methoxy groups -OCH3 is 2. The Balaban J connectivity index is 1.55. The number of rotatable bonds is 12. The predicted molar refractivity (Wildman–Crippen MR) is 133 cm³/mol. The number of hydrogen-bond donors (Lipinski definition) is 1. The molecule has 3 rings (SSSR count). The molecule has 1 aromatic heterocycles. The molecule has 3 aromatic rings. The molecule has 0 saturated heterocycles. The van der Waals surface area contributed by atoms with Crippen LogP contribution in [0.15, 0.2) is 47.3 Å². The molecule has 35 heavy (non-hydrogen) atoms. The van der Waals surface area contributed by atoms with Gasteiger partial charge in [-0.1, -0.05) is 25.1 Å². The topological polar surface area (TPSA) is 107 Å². The van der Waals surface area contributed by atoms with Crippen molar-refractivity contribution in [1.29, 1.82) is 0 Å². The summed E-state index contributed by atoms with van der Waals surface area (Å²) in [4.78, 5) is 29.5. The number of benzene rings is 2. The number of hydrogen-bond acceptors (Lipinski definition) is 7. The second kappa shape index (κ2) is 12.5. The zero-order valence-electron chi connectivity index (χ0n) is 20.7. The summed E-state index contributed by atoms with van der Waals surface area (Å²) in [6.07, 6.45) is 1.94. The smallest absolute Gasteiger partial charge is 0.273 e. The number of aromatic nitrogens is 3. The van der Waals surface area contributed by atoms with Gasteiger partial charge in [-0.3, -0.25) is 9.59 Å². The van der Waals surface area contributed by atoms with Crippen molar-refractivity contribution in [2.75, 3.05) is 34.4 Å². The Morgan fingerprint density at radius 3 is 2.54 bits per heavy atom. The molecule has 0 aliphatic rings. The summed E-state index contributed by atoms with van der Waals surface area (Å²) in [6.45, 7) is 3.18. The normalized spacial score (nSPS) is 10.6. The van der Waals surface area contributed by atoms with Crippen LogP contribution in [0.1, 0.15) is 31.0 Å². The van der Waals surface area contributed by atoms with Gasteiger partial charge in [0, 0.05) is 32.0 Å². The van der Waals surface area contributed by atoms with E-state index in [4.69, 9.17) is 14.2 Å². The molecule has 186 valence electrons. The van der Waals surface area contributed by atoms with Crippen LogP contribution in [0.2, 0.25) is 0 Å². The van der Waals surface area contributed by atoms with Crippen LogP contribution in [-0.4, -0.2) is 60.4 Å². The van der Waals surface area contributed by atoms with Gasteiger partial charge in [0.15, 0.2) is 17.3 Å². The molecule has 9 nitrogen and oxygen atoms in total. The third-order valence-corrected chi connectivity index (χ3v) is 5.53. The zero-order valence-corrected chi connectivity index (χ0v) is 20.7. The van der Waals surface area contributed by atoms with E-state index in [-0.39, 0.29) is 30.0 Å². The minimum Gasteiger partial charge on any atom is -0.494 e. The molecule has 9 heteroatoms. The van der Waals surface area contributed by atoms with Crippen LogP contribution in [-0.2, 0) is 17.6 Å². The van der Waals surface area contributed by atoms with E-state index in [1.54, 1.807) is 26.2 Å². The molecule has 0 spiro atoms. The Bertz CT molecular complexity index is 1190. The van der Waals surface area contributed by atoms with Crippen molar-refractivity contribution in [3.05, 3.63) is 64.1 Å². The molecule has 0 aliphatic heterocycles. The van der Waals surface area contributed by atoms with Gasteiger partial charge in [0.25, 0.3) is 5.56 Å². The molecule has 0 unspecified atom stereocenters. The Morgan fingerprint density at radius 2 is 1.83 bits per heavy atom. The maximum absolute atomic E-state index is 12.6. The minimum absolute atomic E-state index is 0.0727. The Kier molecular flexibility index (Phi) is 9.23. The largest absolute Gasteiger partial charge is 0.494 e. The number of nitrogens with zero attached hydrogens (tertiary/aromatic N) is 3. The molecule has 1 amide bonds. The summed E-state index contributed by atoms with van der Waals surface area (Å²) in [5, 5.41) is 8.23. The summed E-state index contributed by atoms with van der Waals surface area (Å²) in [6, 6.07) is 13.0. The molecule has 1 N–H and O–H groups in total. The lowest BCUT2D eigenvalue weighted by atomic mass is 10.1. The lowest BCUT2D eigenvalue weighted by Gasteiger charge is -2.17. The van der Waals surface area contributed by atoms with E-state index in [1.165, 1.54) is 0 Å². The van der Waals surface area contributed by atoms with E-state index >= 15 is 0 Å². The van der Waals surface area contributed by atoms with E-state index < -0.39 is 0 Å². The molecule has 0 atom stereocenters. The second-order valence-electron chi connectivity index (χ2n) is 8.08. The quantitative estimate of drug-likeness (QED) is 0.424. The molecule has 1 heterocycles.